The van der Waals surface area contributed by atoms with Gasteiger partial charge in [-0.15, -0.1) is 0 Å². The molecular formula is C32H50O2. The Morgan fingerprint density at radius 1 is 0.941 bits per heavy atom. The molecule has 34 heavy (non-hydrogen) atoms. The first kappa shape index (κ1) is 25.8. The summed E-state index contributed by atoms with van der Waals surface area (Å²) in [5, 5.41) is 0. The van der Waals surface area contributed by atoms with Crippen molar-refractivity contribution in [3.8, 4) is 0 Å². The normalized spacial score (nSPS) is 42.0. The third-order valence-electron chi connectivity index (χ3n) is 11.5. The highest BCUT2D eigenvalue weighted by Crippen LogP contribution is 2.72. The third-order valence-corrected chi connectivity index (χ3v) is 11.5. The first-order chi connectivity index (χ1) is 15.8. The maximum absolute atomic E-state index is 11.8. The standard InChI is InChI=1S/C32H50O2/c1-21(2)11-10-12-22(3)24-15-19-32(9)26-13-14-27-29(5,6)28(34-23(4)33)17-18-30(27,7)25(26)16-20-31(24,32)8/h10-12,22,24,27-28H,13-20H2,1-9H3/b12-10+/t22-,24-,27+,28+,30-,31-,32+/m1/s1. The molecule has 0 radical (unpaired) electrons. The van der Waals surface area contributed by atoms with Crippen molar-refractivity contribution in [2.45, 2.75) is 120 Å². The first-order valence-corrected chi connectivity index (χ1v) is 14.0. The largest absolute Gasteiger partial charge is 0.462 e. The number of ether oxygens (including phenoxy) is 1. The Kier molecular flexibility index (Phi) is 6.57. The van der Waals surface area contributed by atoms with Gasteiger partial charge in [0, 0.05) is 12.3 Å². The molecular weight excluding hydrogens is 416 g/mol. The molecule has 190 valence electrons. The highest BCUT2D eigenvalue weighted by atomic mass is 16.5. The summed E-state index contributed by atoms with van der Waals surface area (Å²) < 4.78 is 5.86. The number of rotatable bonds is 4. The predicted molar refractivity (Wildman–Crippen MR) is 142 cm³/mol. The number of carbonyl (C=O) groups is 1. The molecule has 0 aromatic rings. The molecule has 0 spiro atoms. The highest BCUT2D eigenvalue weighted by Gasteiger charge is 2.63. The minimum Gasteiger partial charge on any atom is -0.462 e. The van der Waals surface area contributed by atoms with Crippen LogP contribution in [0, 0.1) is 39.4 Å². The fourth-order valence-corrected chi connectivity index (χ4v) is 9.51. The molecule has 2 saturated carbocycles. The first-order valence-electron chi connectivity index (χ1n) is 14.0. The van der Waals surface area contributed by atoms with Gasteiger partial charge in [0.1, 0.15) is 6.10 Å². The average molecular weight is 467 g/mol. The van der Waals surface area contributed by atoms with Crippen LogP contribution in [0.25, 0.3) is 0 Å². The van der Waals surface area contributed by atoms with Gasteiger partial charge < -0.3 is 4.74 Å². The Bertz CT molecular complexity index is 915. The Hall–Kier alpha value is -1.31. The van der Waals surface area contributed by atoms with Gasteiger partial charge in [-0.25, -0.2) is 0 Å². The molecule has 0 bridgehead atoms. The molecule has 0 unspecified atom stereocenters. The van der Waals surface area contributed by atoms with Crippen LogP contribution in [0.2, 0.25) is 0 Å². The van der Waals surface area contributed by atoms with Crippen molar-refractivity contribution in [3.63, 3.8) is 0 Å². The smallest absolute Gasteiger partial charge is 0.302 e. The fourth-order valence-electron chi connectivity index (χ4n) is 9.51. The summed E-state index contributed by atoms with van der Waals surface area (Å²) in [6, 6.07) is 0. The quantitative estimate of drug-likeness (QED) is 0.235. The molecule has 0 aromatic heterocycles. The van der Waals surface area contributed by atoms with Crippen LogP contribution < -0.4 is 0 Å². The number of hydrogen-bond acceptors (Lipinski definition) is 2. The molecule has 0 N–H and O–H groups in total. The third kappa shape index (κ3) is 3.77. The molecule has 0 saturated heterocycles. The number of hydrogen-bond donors (Lipinski definition) is 0. The SMILES string of the molecule is CC(=O)O[C@H]1CC[C@]2(C)C3=C(CC[C@H]2C1(C)C)[C@]1(C)CC[C@H]([C@H](C)/C=C/C=C(C)C)[C@@]1(C)CC3. The van der Waals surface area contributed by atoms with Gasteiger partial charge in [0.2, 0.25) is 0 Å². The van der Waals surface area contributed by atoms with E-state index in [1.54, 1.807) is 6.92 Å². The Morgan fingerprint density at radius 3 is 2.29 bits per heavy atom. The summed E-state index contributed by atoms with van der Waals surface area (Å²) in [4.78, 5) is 11.8. The lowest BCUT2D eigenvalue weighted by molar-refractivity contribution is -0.167. The van der Waals surface area contributed by atoms with Crippen molar-refractivity contribution >= 4 is 5.97 Å². The van der Waals surface area contributed by atoms with E-state index in [4.69, 9.17) is 4.74 Å². The fraction of sp³-hybridized carbons (Fsp3) is 0.781. The zero-order chi connectivity index (χ0) is 25.1. The Morgan fingerprint density at radius 2 is 1.65 bits per heavy atom. The van der Waals surface area contributed by atoms with Crippen molar-refractivity contribution < 1.29 is 9.53 Å². The molecule has 7 atom stereocenters. The highest BCUT2D eigenvalue weighted by molar-refractivity contribution is 5.66. The van der Waals surface area contributed by atoms with Crippen LogP contribution in [0.15, 0.2) is 34.9 Å². The van der Waals surface area contributed by atoms with Crippen LogP contribution in [-0.2, 0) is 9.53 Å². The summed E-state index contributed by atoms with van der Waals surface area (Å²) in [7, 11) is 0. The lowest BCUT2D eigenvalue weighted by Crippen LogP contribution is -2.55. The summed E-state index contributed by atoms with van der Waals surface area (Å²) in [6.45, 7) is 21.0. The number of carbonyl (C=O) groups excluding carboxylic acids is 1. The van der Waals surface area contributed by atoms with E-state index in [0.29, 0.717) is 22.7 Å². The van der Waals surface area contributed by atoms with Crippen molar-refractivity contribution in [1.82, 2.24) is 0 Å². The van der Waals surface area contributed by atoms with E-state index in [-0.39, 0.29) is 22.9 Å². The molecule has 2 nitrogen and oxygen atoms in total. The van der Waals surface area contributed by atoms with E-state index in [1.165, 1.54) is 44.1 Å². The minimum absolute atomic E-state index is 0.0291. The minimum atomic E-state index is -0.122. The molecule has 4 aliphatic carbocycles. The monoisotopic (exact) mass is 466 g/mol. The topological polar surface area (TPSA) is 26.3 Å². The van der Waals surface area contributed by atoms with Gasteiger partial charge in [0.05, 0.1) is 0 Å². The van der Waals surface area contributed by atoms with Gasteiger partial charge in [0.15, 0.2) is 0 Å². The summed E-state index contributed by atoms with van der Waals surface area (Å²) in [6.07, 6.45) is 17.0. The van der Waals surface area contributed by atoms with Crippen LogP contribution in [-0.4, -0.2) is 12.1 Å². The maximum Gasteiger partial charge on any atom is 0.302 e. The molecule has 0 aliphatic heterocycles. The van der Waals surface area contributed by atoms with Crippen molar-refractivity contribution in [3.05, 3.63) is 34.9 Å². The van der Waals surface area contributed by atoms with E-state index in [1.807, 2.05) is 11.1 Å². The van der Waals surface area contributed by atoms with Crippen LogP contribution in [0.4, 0.5) is 0 Å². The zero-order valence-electron chi connectivity index (χ0n) is 23.5. The summed E-state index contributed by atoms with van der Waals surface area (Å²) in [5.41, 5.74) is 6.01. The Labute approximate surface area is 209 Å². The number of fused-ring (bicyclic) bond motifs is 4. The van der Waals surface area contributed by atoms with Gasteiger partial charge in [-0.05, 0) is 99.2 Å². The maximum atomic E-state index is 11.8. The zero-order valence-corrected chi connectivity index (χ0v) is 23.5. The molecule has 2 heteroatoms. The second kappa shape index (κ2) is 8.67. The molecule has 4 rings (SSSR count). The van der Waals surface area contributed by atoms with Gasteiger partial charge >= 0.3 is 5.97 Å². The van der Waals surface area contributed by atoms with E-state index in [9.17, 15) is 4.79 Å². The molecule has 0 aromatic carbocycles. The number of allylic oxidation sites excluding steroid dienone is 6. The van der Waals surface area contributed by atoms with E-state index < -0.39 is 0 Å². The second-order valence-corrected chi connectivity index (χ2v) is 13.8. The van der Waals surface area contributed by atoms with Crippen molar-refractivity contribution in [2.24, 2.45) is 39.4 Å². The number of esters is 1. The van der Waals surface area contributed by atoms with E-state index >= 15 is 0 Å². The lowest BCUT2D eigenvalue weighted by Gasteiger charge is -2.62. The predicted octanol–water partition coefficient (Wildman–Crippen LogP) is 8.83. The molecule has 0 heterocycles. The average Bonchev–Trinajstić information content (AvgIpc) is 3.01. The van der Waals surface area contributed by atoms with Crippen molar-refractivity contribution in [2.75, 3.05) is 0 Å². The Balaban J connectivity index is 1.66. The van der Waals surface area contributed by atoms with Crippen molar-refractivity contribution in [1.29, 1.82) is 0 Å². The van der Waals surface area contributed by atoms with Gasteiger partial charge in [-0.3, -0.25) is 4.79 Å². The lowest BCUT2D eigenvalue weighted by atomic mass is 9.43. The van der Waals surface area contributed by atoms with Gasteiger partial charge in [0.25, 0.3) is 0 Å². The van der Waals surface area contributed by atoms with Crippen LogP contribution in [0.3, 0.4) is 0 Å². The molecule has 2 fully saturated rings. The van der Waals surface area contributed by atoms with Gasteiger partial charge in [-0.2, -0.15) is 0 Å². The van der Waals surface area contributed by atoms with Crippen LogP contribution in [0.1, 0.15) is 114 Å². The van der Waals surface area contributed by atoms with Crippen LogP contribution in [0.5, 0.6) is 0 Å². The van der Waals surface area contributed by atoms with E-state index in [2.05, 4.69) is 73.6 Å². The molecule has 4 aliphatic rings. The van der Waals surface area contributed by atoms with Gasteiger partial charge in [-0.1, -0.05) is 76.5 Å². The molecule has 0 amide bonds. The van der Waals surface area contributed by atoms with E-state index in [0.717, 1.165) is 18.8 Å². The van der Waals surface area contributed by atoms with Crippen LogP contribution >= 0.6 is 0 Å². The summed E-state index contributed by atoms with van der Waals surface area (Å²) in [5.74, 6) is 1.85. The summed E-state index contributed by atoms with van der Waals surface area (Å²) >= 11 is 0. The second-order valence-electron chi connectivity index (χ2n) is 13.8.